The first-order chi connectivity index (χ1) is 15.9. The van der Waals surface area contributed by atoms with Gasteiger partial charge in [-0.05, 0) is 44.2 Å². The van der Waals surface area contributed by atoms with Crippen molar-refractivity contribution < 1.29 is 18.7 Å². The average molecular weight is 470 g/mol. The van der Waals surface area contributed by atoms with E-state index in [-0.39, 0.29) is 17.5 Å². The quantitative estimate of drug-likeness (QED) is 0.418. The van der Waals surface area contributed by atoms with Gasteiger partial charge in [-0.15, -0.1) is 10.2 Å². The molecule has 2 aromatic carbocycles. The van der Waals surface area contributed by atoms with Gasteiger partial charge in [-0.25, -0.2) is 4.39 Å². The molecule has 0 saturated carbocycles. The topological polar surface area (TPSA) is 89.3 Å². The molecule has 1 fully saturated rings. The van der Waals surface area contributed by atoms with Crippen LogP contribution >= 0.6 is 11.8 Å². The van der Waals surface area contributed by atoms with Crippen LogP contribution in [0, 0.1) is 5.82 Å². The first-order valence-corrected chi connectivity index (χ1v) is 11.4. The summed E-state index contributed by atoms with van der Waals surface area (Å²) < 4.78 is 21.2. The number of thioether (sulfide) groups is 1. The van der Waals surface area contributed by atoms with E-state index in [0.29, 0.717) is 54.3 Å². The second kappa shape index (κ2) is 10.1. The van der Waals surface area contributed by atoms with Crippen LogP contribution in [0.15, 0.2) is 53.7 Å². The van der Waals surface area contributed by atoms with Gasteiger partial charge in [0.1, 0.15) is 5.82 Å². The van der Waals surface area contributed by atoms with E-state index in [1.54, 1.807) is 47.9 Å². The Balaban J connectivity index is 1.60. The summed E-state index contributed by atoms with van der Waals surface area (Å²) >= 11 is 1.21. The maximum absolute atomic E-state index is 14.0. The molecule has 4 rings (SSSR count). The van der Waals surface area contributed by atoms with E-state index in [1.807, 2.05) is 4.90 Å². The van der Waals surface area contributed by atoms with E-state index in [1.165, 1.54) is 30.8 Å². The van der Waals surface area contributed by atoms with Gasteiger partial charge in [-0.2, -0.15) is 0 Å². The number of ether oxygens (including phenoxy) is 1. The first kappa shape index (κ1) is 22.9. The summed E-state index contributed by atoms with van der Waals surface area (Å²) in [4.78, 5) is 26.8. The number of halogens is 1. The number of ketones is 1. The Morgan fingerprint density at radius 3 is 2.61 bits per heavy atom. The molecule has 1 atom stereocenters. The Kier molecular flexibility index (Phi) is 7.05. The number of carbonyl (C=O) groups excluding carboxylic acids is 2. The molecule has 1 amide bonds. The standard InChI is InChI=1S/C23H24FN5O3S/c1-15(30)19-8-3-4-9-20(19)25-21(31)16(2)33-23-27-26-22(28-10-12-32-13-11-28)29(23)18-7-5-6-17(24)14-18/h3-9,14,16H,10-13H2,1-2H3,(H,25,31). The number of benzene rings is 2. The lowest BCUT2D eigenvalue weighted by molar-refractivity contribution is -0.115. The molecule has 1 N–H and O–H groups in total. The van der Waals surface area contributed by atoms with Gasteiger partial charge in [-0.1, -0.05) is 30.0 Å². The van der Waals surface area contributed by atoms with Crippen LogP contribution in [0.5, 0.6) is 0 Å². The molecule has 1 aromatic heterocycles. The van der Waals surface area contributed by atoms with Crippen LogP contribution in [-0.4, -0.2) is 58.0 Å². The zero-order valence-electron chi connectivity index (χ0n) is 18.3. The maximum atomic E-state index is 14.0. The second-order valence-corrected chi connectivity index (χ2v) is 8.86. The van der Waals surface area contributed by atoms with Crippen LogP contribution in [-0.2, 0) is 9.53 Å². The molecule has 3 aromatic rings. The number of anilines is 2. The summed E-state index contributed by atoms with van der Waals surface area (Å²) in [7, 11) is 0. The second-order valence-electron chi connectivity index (χ2n) is 7.55. The van der Waals surface area contributed by atoms with Crippen LogP contribution < -0.4 is 10.2 Å². The third-order valence-corrected chi connectivity index (χ3v) is 6.23. The molecule has 0 radical (unpaired) electrons. The normalized spacial score (nSPS) is 14.7. The summed E-state index contributed by atoms with van der Waals surface area (Å²) in [5, 5.41) is 11.4. The largest absolute Gasteiger partial charge is 0.378 e. The van der Waals surface area contributed by atoms with Crippen LogP contribution in [0.1, 0.15) is 24.2 Å². The molecule has 0 aliphatic carbocycles. The number of hydrogen-bond acceptors (Lipinski definition) is 7. The Hall–Kier alpha value is -3.24. The molecule has 0 spiro atoms. The monoisotopic (exact) mass is 469 g/mol. The Morgan fingerprint density at radius 2 is 1.88 bits per heavy atom. The number of morpholine rings is 1. The van der Waals surface area contributed by atoms with E-state index < -0.39 is 5.25 Å². The van der Waals surface area contributed by atoms with E-state index in [9.17, 15) is 14.0 Å². The lowest BCUT2D eigenvalue weighted by Crippen LogP contribution is -2.38. The van der Waals surface area contributed by atoms with Crippen molar-refractivity contribution in [3.8, 4) is 5.69 Å². The van der Waals surface area contributed by atoms with Gasteiger partial charge >= 0.3 is 0 Å². The van der Waals surface area contributed by atoms with E-state index in [4.69, 9.17) is 4.74 Å². The zero-order valence-corrected chi connectivity index (χ0v) is 19.1. The van der Waals surface area contributed by atoms with E-state index in [0.717, 1.165) is 0 Å². The van der Waals surface area contributed by atoms with E-state index in [2.05, 4.69) is 15.5 Å². The average Bonchev–Trinajstić information content (AvgIpc) is 3.23. The van der Waals surface area contributed by atoms with Crippen LogP contribution in [0.2, 0.25) is 0 Å². The molecule has 10 heteroatoms. The molecule has 0 bridgehead atoms. The summed E-state index contributed by atoms with van der Waals surface area (Å²) in [6.45, 7) is 5.60. The Morgan fingerprint density at radius 1 is 1.12 bits per heavy atom. The SMILES string of the molecule is CC(=O)c1ccccc1NC(=O)C(C)Sc1nnc(N2CCOCC2)n1-c1cccc(F)c1. The van der Waals surface area contributed by atoms with Gasteiger partial charge in [0.2, 0.25) is 11.9 Å². The van der Waals surface area contributed by atoms with Gasteiger partial charge in [0.15, 0.2) is 10.9 Å². The van der Waals surface area contributed by atoms with Crippen LogP contribution in [0.3, 0.4) is 0 Å². The van der Waals surface area contributed by atoms with Gasteiger partial charge in [0.25, 0.3) is 0 Å². The molecule has 33 heavy (non-hydrogen) atoms. The molecule has 1 saturated heterocycles. The van der Waals surface area contributed by atoms with Crippen molar-refractivity contribution in [1.82, 2.24) is 14.8 Å². The fourth-order valence-corrected chi connectivity index (χ4v) is 4.36. The number of hydrogen-bond donors (Lipinski definition) is 1. The van der Waals surface area contributed by atoms with Crippen LogP contribution in [0.4, 0.5) is 16.0 Å². The maximum Gasteiger partial charge on any atom is 0.237 e. The number of nitrogens with zero attached hydrogens (tertiary/aromatic N) is 4. The highest BCUT2D eigenvalue weighted by Crippen LogP contribution is 2.30. The van der Waals surface area contributed by atoms with Crippen molar-refractivity contribution in [2.24, 2.45) is 0 Å². The zero-order chi connectivity index (χ0) is 23.4. The number of para-hydroxylation sites is 1. The molecular formula is C23H24FN5O3S. The lowest BCUT2D eigenvalue weighted by atomic mass is 10.1. The summed E-state index contributed by atoms with van der Waals surface area (Å²) in [6, 6.07) is 13.0. The highest BCUT2D eigenvalue weighted by molar-refractivity contribution is 8.00. The third-order valence-electron chi connectivity index (χ3n) is 5.19. The Bertz CT molecular complexity index is 1160. The molecule has 8 nitrogen and oxygen atoms in total. The summed E-state index contributed by atoms with van der Waals surface area (Å²) in [5.74, 6) is -0.222. The number of amides is 1. The van der Waals surface area contributed by atoms with Gasteiger partial charge in [0, 0.05) is 18.7 Å². The highest BCUT2D eigenvalue weighted by Gasteiger charge is 2.25. The van der Waals surface area contributed by atoms with Crippen molar-refractivity contribution >= 4 is 35.1 Å². The van der Waals surface area contributed by atoms with Crippen molar-refractivity contribution in [1.29, 1.82) is 0 Å². The summed E-state index contributed by atoms with van der Waals surface area (Å²) in [6.07, 6.45) is 0. The fraction of sp³-hybridized carbons (Fsp3) is 0.304. The van der Waals surface area contributed by atoms with Gasteiger partial charge in [-0.3, -0.25) is 14.2 Å². The number of carbonyl (C=O) groups is 2. The number of Topliss-reactive ketones (excluding diaryl/α,β-unsaturated/α-hetero) is 1. The first-order valence-electron chi connectivity index (χ1n) is 10.6. The molecule has 1 unspecified atom stereocenters. The van der Waals surface area contributed by atoms with Gasteiger partial charge in [0.05, 0.1) is 29.8 Å². The molecule has 172 valence electrons. The number of nitrogens with one attached hydrogen (secondary N) is 1. The summed E-state index contributed by atoms with van der Waals surface area (Å²) in [5.41, 5.74) is 1.47. The molecule has 1 aliphatic heterocycles. The molecule has 2 heterocycles. The van der Waals surface area contributed by atoms with Crippen molar-refractivity contribution in [3.63, 3.8) is 0 Å². The number of rotatable bonds is 7. The van der Waals surface area contributed by atoms with Crippen LogP contribution in [0.25, 0.3) is 5.69 Å². The third kappa shape index (κ3) is 5.23. The predicted octanol–water partition coefficient (Wildman–Crippen LogP) is 3.56. The minimum atomic E-state index is -0.556. The van der Waals surface area contributed by atoms with E-state index >= 15 is 0 Å². The highest BCUT2D eigenvalue weighted by atomic mass is 32.2. The molecular weight excluding hydrogens is 445 g/mol. The minimum absolute atomic E-state index is 0.132. The predicted molar refractivity (Wildman–Crippen MR) is 125 cm³/mol. The smallest absolute Gasteiger partial charge is 0.237 e. The lowest BCUT2D eigenvalue weighted by Gasteiger charge is -2.28. The molecule has 1 aliphatic rings. The van der Waals surface area contributed by atoms with Gasteiger partial charge < -0.3 is 15.0 Å². The van der Waals surface area contributed by atoms with Crippen molar-refractivity contribution in [2.45, 2.75) is 24.3 Å². The van der Waals surface area contributed by atoms with Crippen molar-refractivity contribution in [3.05, 3.63) is 59.9 Å². The van der Waals surface area contributed by atoms with Crippen molar-refractivity contribution in [2.75, 3.05) is 36.5 Å². The number of aromatic nitrogens is 3. The Labute approximate surface area is 195 Å². The fourth-order valence-electron chi connectivity index (χ4n) is 3.49. The minimum Gasteiger partial charge on any atom is -0.378 e.